The number of benzene rings is 2. The third kappa shape index (κ3) is 6.30. The van der Waals surface area contributed by atoms with Crippen molar-refractivity contribution in [3.8, 4) is 5.75 Å². The van der Waals surface area contributed by atoms with Crippen LogP contribution in [-0.4, -0.2) is 76.1 Å². The number of phenols is 1. The molecule has 41 heavy (non-hydrogen) atoms. The predicted octanol–water partition coefficient (Wildman–Crippen LogP) is 3.94. The molecule has 2 N–H and O–H groups in total. The Balaban J connectivity index is 1.47. The molecule has 5 rings (SSSR count). The highest BCUT2D eigenvalue weighted by Crippen LogP contribution is 2.43. The molecule has 0 spiro atoms. The summed E-state index contributed by atoms with van der Waals surface area (Å²) in [5.74, 6) is -2.41. The lowest BCUT2D eigenvalue weighted by Crippen LogP contribution is -2.47. The van der Waals surface area contributed by atoms with Gasteiger partial charge in [-0.05, 0) is 68.8 Å². The number of carbonyl (C=O) groups excluding carboxylic acids is 1. The summed E-state index contributed by atoms with van der Waals surface area (Å²) in [4.78, 5) is 40.2. The first kappa shape index (κ1) is 28.0. The molecule has 2 aliphatic rings. The van der Waals surface area contributed by atoms with Crippen LogP contribution in [-0.2, 0) is 16.1 Å². The molecule has 0 aliphatic carbocycles. The number of halogens is 1. The summed E-state index contributed by atoms with van der Waals surface area (Å²) in [6, 6.07) is 11.9. The van der Waals surface area contributed by atoms with Crippen molar-refractivity contribution in [3.05, 3.63) is 78.0 Å². The lowest BCUT2D eigenvalue weighted by Gasteiger charge is -2.37. The van der Waals surface area contributed by atoms with Crippen molar-refractivity contribution in [2.75, 3.05) is 54.0 Å². The van der Waals surface area contributed by atoms with Crippen LogP contribution in [0.2, 0.25) is 0 Å². The third-order valence-corrected chi connectivity index (χ3v) is 7.46. The molecule has 0 atom stereocenters. The highest BCUT2D eigenvalue weighted by atomic mass is 19.1. The summed E-state index contributed by atoms with van der Waals surface area (Å²) in [7, 11) is 0. The molecule has 3 heterocycles. The minimum absolute atomic E-state index is 0.0138. The molecule has 11 heteroatoms. The molecule has 0 unspecified atom stereocenters. The highest BCUT2D eigenvalue weighted by molar-refractivity contribution is 6.16. The van der Waals surface area contributed by atoms with E-state index in [0.29, 0.717) is 37.8 Å². The van der Waals surface area contributed by atoms with E-state index in [1.54, 1.807) is 23.4 Å². The number of carboxylic acid groups (broad SMARTS) is 1. The lowest BCUT2D eigenvalue weighted by atomic mass is 10.1. The van der Waals surface area contributed by atoms with Gasteiger partial charge >= 0.3 is 5.97 Å². The SMILES string of the molecule is CC(=O)/C(=C\N(c1ccc(CN2CCCC2)cc1)c1ccc(F)c(N2CCN(c3ncccn3)CC2)c1O)C(=O)O. The molecule has 2 aliphatic heterocycles. The second-order valence-electron chi connectivity index (χ2n) is 10.2. The number of carboxylic acids is 1. The first-order valence-electron chi connectivity index (χ1n) is 13.7. The molecule has 0 saturated carbocycles. The van der Waals surface area contributed by atoms with E-state index in [9.17, 15) is 19.8 Å². The summed E-state index contributed by atoms with van der Waals surface area (Å²) >= 11 is 0. The van der Waals surface area contributed by atoms with Gasteiger partial charge in [-0.2, -0.15) is 0 Å². The second kappa shape index (κ2) is 12.3. The van der Waals surface area contributed by atoms with Gasteiger partial charge in [0.05, 0.1) is 5.69 Å². The minimum atomic E-state index is -1.39. The predicted molar refractivity (Wildman–Crippen MR) is 154 cm³/mol. The lowest BCUT2D eigenvalue weighted by molar-refractivity contribution is -0.134. The fourth-order valence-electron chi connectivity index (χ4n) is 5.29. The van der Waals surface area contributed by atoms with Crippen molar-refractivity contribution >= 4 is 34.8 Å². The number of aliphatic carboxylic acids is 1. The van der Waals surface area contributed by atoms with Gasteiger partial charge in [-0.3, -0.25) is 9.69 Å². The zero-order chi connectivity index (χ0) is 28.9. The van der Waals surface area contributed by atoms with Crippen LogP contribution in [0.25, 0.3) is 0 Å². The largest absolute Gasteiger partial charge is 0.504 e. The van der Waals surface area contributed by atoms with Crippen LogP contribution in [0, 0.1) is 5.82 Å². The Morgan fingerprint density at radius 3 is 2.20 bits per heavy atom. The van der Waals surface area contributed by atoms with Gasteiger partial charge in [0.15, 0.2) is 11.5 Å². The Bertz CT molecular complexity index is 1400. The number of carbonyl (C=O) groups is 2. The van der Waals surface area contributed by atoms with Crippen LogP contribution in [0.4, 0.5) is 27.4 Å². The fraction of sp³-hybridized carbons (Fsp3) is 0.333. The molecule has 2 aromatic carbocycles. The van der Waals surface area contributed by atoms with Crippen molar-refractivity contribution in [1.82, 2.24) is 14.9 Å². The highest BCUT2D eigenvalue weighted by Gasteiger charge is 2.27. The number of hydrogen-bond donors (Lipinski definition) is 2. The average molecular weight is 561 g/mol. The van der Waals surface area contributed by atoms with Crippen LogP contribution in [0.5, 0.6) is 5.75 Å². The number of phenolic OH excluding ortho intramolecular Hbond substituents is 1. The van der Waals surface area contributed by atoms with Gasteiger partial charge in [-0.1, -0.05) is 12.1 Å². The van der Waals surface area contributed by atoms with Crippen molar-refractivity contribution in [2.24, 2.45) is 0 Å². The van der Waals surface area contributed by atoms with Crippen molar-refractivity contribution in [3.63, 3.8) is 0 Å². The Morgan fingerprint density at radius 1 is 0.951 bits per heavy atom. The molecule has 1 aromatic heterocycles. The second-order valence-corrected chi connectivity index (χ2v) is 10.2. The maximum absolute atomic E-state index is 15.2. The van der Waals surface area contributed by atoms with Crippen molar-refractivity contribution in [1.29, 1.82) is 0 Å². The zero-order valence-electron chi connectivity index (χ0n) is 22.9. The topological polar surface area (TPSA) is 113 Å². The molecular formula is C30H33FN6O4. The van der Waals surface area contributed by atoms with Crippen LogP contribution in [0.1, 0.15) is 25.3 Å². The summed E-state index contributed by atoms with van der Waals surface area (Å²) in [5, 5.41) is 21.2. The Hall–Kier alpha value is -4.51. The van der Waals surface area contributed by atoms with Gasteiger partial charge in [0.25, 0.3) is 0 Å². The van der Waals surface area contributed by atoms with Gasteiger partial charge in [-0.25, -0.2) is 19.2 Å². The van der Waals surface area contributed by atoms with E-state index in [-0.39, 0.29) is 17.1 Å². The quantitative estimate of drug-likeness (QED) is 0.227. The van der Waals surface area contributed by atoms with Crippen molar-refractivity contribution in [2.45, 2.75) is 26.3 Å². The van der Waals surface area contributed by atoms with E-state index in [1.807, 2.05) is 29.2 Å². The number of piperazine rings is 1. The number of rotatable bonds is 9. The molecular weight excluding hydrogens is 527 g/mol. The molecule has 2 saturated heterocycles. The first-order chi connectivity index (χ1) is 19.8. The number of ketones is 1. The van der Waals surface area contributed by atoms with E-state index in [4.69, 9.17) is 0 Å². The smallest absolute Gasteiger partial charge is 0.340 e. The number of likely N-dealkylation sites (tertiary alicyclic amines) is 1. The third-order valence-electron chi connectivity index (χ3n) is 7.46. The van der Waals surface area contributed by atoms with Gasteiger partial charge in [-0.15, -0.1) is 0 Å². The number of Topliss-reactive ketones (excluding diaryl/α,β-unsaturated/α-hetero) is 1. The summed E-state index contributed by atoms with van der Waals surface area (Å²) < 4.78 is 15.2. The molecule has 2 fully saturated rings. The number of anilines is 4. The fourth-order valence-corrected chi connectivity index (χ4v) is 5.29. The first-order valence-corrected chi connectivity index (χ1v) is 13.7. The maximum Gasteiger partial charge on any atom is 0.340 e. The molecule has 0 radical (unpaired) electrons. The standard InChI is InChI=1S/C30H33FN6O4/c1-21(38)24(29(40)41)20-37(23-7-5-22(6-8-23)19-34-13-2-3-14-34)26-10-9-25(31)27(28(26)39)35-15-17-36(18-16-35)30-32-11-4-12-33-30/h4-12,20,39H,2-3,13-19H2,1H3,(H,40,41)/b24-20+. The summed E-state index contributed by atoms with van der Waals surface area (Å²) in [6.45, 7) is 5.92. The van der Waals surface area contributed by atoms with E-state index in [1.165, 1.54) is 43.0 Å². The molecule has 10 nitrogen and oxygen atoms in total. The van der Waals surface area contributed by atoms with Crippen LogP contribution in [0.3, 0.4) is 0 Å². The van der Waals surface area contributed by atoms with E-state index < -0.39 is 23.1 Å². The van der Waals surface area contributed by atoms with Gasteiger partial charge in [0.2, 0.25) is 5.95 Å². The maximum atomic E-state index is 15.2. The number of nitrogens with zero attached hydrogens (tertiary/aromatic N) is 6. The Morgan fingerprint density at radius 2 is 1.59 bits per heavy atom. The number of aromatic nitrogens is 2. The van der Waals surface area contributed by atoms with Crippen LogP contribution < -0.4 is 14.7 Å². The van der Waals surface area contributed by atoms with Gasteiger partial charge < -0.3 is 24.9 Å². The number of hydrogen-bond acceptors (Lipinski definition) is 9. The molecule has 0 bridgehead atoms. The molecule has 3 aromatic rings. The summed E-state index contributed by atoms with van der Waals surface area (Å²) in [6.07, 6.45) is 6.87. The zero-order valence-corrected chi connectivity index (χ0v) is 22.9. The average Bonchev–Trinajstić information content (AvgIpc) is 3.48. The molecule has 214 valence electrons. The van der Waals surface area contributed by atoms with Gasteiger partial charge in [0, 0.05) is 57.0 Å². The Kier molecular flexibility index (Phi) is 8.44. The van der Waals surface area contributed by atoms with Crippen LogP contribution >= 0.6 is 0 Å². The van der Waals surface area contributed by atoms with Crippen LogP contribution in [0.15, 0.2) is 66.6 Å². The van der Waals surface area contributed by atoms with Gasteiger partial charge in [0.1, 0.15) is 17.1 Å². The summed E-state index contributed by atoms with van der Waals surface area (Å²) in [5.41, 5.74) is 1.32. The normalized spacial score (nSPS) is 16.2. The van der Waals surface area contributed by atoms with E-state index >= 15 is 4.39 Å². The molecule has 0 amide bonds. The minimum Gasteiger partial charge on any atom is -0.504 e. The number of aromatic hydroxyl groups is 1. The van der Waals surface area contributed by atoms with E-state index in [0.717, 1.165) is 25.2 Å². The van der Waals surface area contributed by atoms with E-state index in [2.05, 4.69) is 14.9 Å². The van der Waals surface area contributed by atoms with Crippen molar-refractivity contribution < 1.29 is 24.2 Å². The monoisotopic (exact) mass is 560 g/mol. The Labute approximate surface area is 238 Å².